The van der Waals surface area contributed by atoms with Gasteiger partial charge in [-0.1, -0.05) is 96.6 Å². The molecule has 0 spiro atoms. The fourth-order valence-electron chi connectivity index (χ4n) is 4.77. The van der Waals surface area contributed by atoms with Crippen LogP contribution in [-0.4, -0.2) is 56.8 Å². The van der Waals surface area contributed by atoms with Gasteiger partial charge in [-0.05, 0) is 42.3 Å². The Morgan fingerprint density at radius 1 is 0.727 bits per heavy atom. The maximum Gasteiger partial charge on any atom is 0.338 e. The van der Waals surface area contributed by atoms with Gasteiger partial charge in [-0.3, -0.25) is 4.18 Å². The quantitative estimate of drug-likeness (QED) is 0.176. The van der Waals surface area contributed by atoms with E-state index in [9.17, 15) is 18.3 Å². The molecule has 44 heavy (non-hydrogen) atoms. The Kier molecular flexibility index (Phi) is 10.5. The molecule has 230 valence electrons. The first-order valence-electron chi connectivity index (χ1n) is 14.2. The van der Waals surface area contributed by atoms with Crippen LogP contribution in [-0.2, 0) is 46.5 Å². The first-order valence-corrected chi connectivity index (χ1v) is 15.6. The number of esters is 1. The van der Waals surface area contributed by atoms with Gasteiger partial charge in [0, 0.05) is 0 Å². The Labute approximate surface area is 257 Å². The van der Waals surface area contributed by atoms with E-state index in [0.717, 1.165) is 16.7 Å². The van der Waals surface area contributed by atoms with Crippen LogP contribution in [0.4, 0.5) is 0 Å². The van der Waals surface area contributed by atoms with Crippen LogP contribution in [0.3, 0.4) is 0 Å². The average Bonchev–Trinajstić information content (AvgIpc) is 3.05. The fourth-order valence-corrected chi connectivity index (χ4v) is 5.69. The van der Waals surface area contributed by atoms with E-state index in [4.69, 9.17) is 23.1 Å². The number of benzene rings is 4. The summed E-state index contributed by atoms with van der Waals surface area (Å²) in [4.78, 5) is 13.3. The Hall–Kier alpha value is -3.90. The van der Waals surface area contributed by atoms with E-state index in [1.165, 1.54) is 12.1 Å². The molecule has 1 saturated heterocycles. The fraction of sp³-hybridized carbons (Fsp3) is 0.265. The number of aryl methyl sites for hydroxylation is 1. The van der Waals surface area contributed by atoms with Crippen molar-refractivity contribution in [2.45, 2.75) is 55.7 Å². The van der Waals surface area contributed by atoms with Gasteiger partial charge < -0.3 is 24.1 Å². The third-order valence-electron chi connectivity index (χ3n) is 7.13. The Balaban J connectivity index is 1.44. The standard InChI is InChI=1S/C34H34O9S/c1-24-17-19-28(20-18-24)44(37,38)41-23-29-30(43-33(35)27-15-9-4-10-16-27)31(39-21-25-11-5-2-6-12-25)32(34(36)42-29)40-22-26-13-7-3-8-14-26/h2-20,29-32,34,36H,21-23H2,1H3/t29-,30-,31+,32-,34+/m1/s1. The average molecular weight is 619 g/mol. The third kappa shape index (κ3) is 8.17. The first kappa shape index (κ1) is 31.5. The molecule has 0 bridgehead atoms. The molecule has 0 radical (unpaired) electrons. The number of carbonyl (C=O) groups excluding carboxylic acids is 1. The summed E-state index contributed by atoms with van der Waals surface area (Å²) in [5, 5.41) is 11.2. The smallest absolute Gasteiger partial charge is 0.338 e. The molecule has 0 aromatic heterocycles. The molecule has 0 aliphatic carbocycles. The molecule has 4 aromatic rings. The Morgan fingerprint density at radius 2 is 1.25 bits per heavy atom. The van der Waals surface area contributed by atoms with Gasteiger partial charge in [0.05, 0.1) is 30.3 Å². The minimum atomic E-state index is -4.20. The summed E-state index contributed by atoms with van der Waals surface area (Å²) >= 11 is 0. The van der Waals surface area contributed by atoms with Crippen LogP contribution >= 0.6 is 0 Å². The van der Waals surface area contributed by atoms with E-state index >= 15 is 0 Å². The Morgan fingerprint density at radius 3 is 1.82 bits per heavy atom. The summed E-state index contributed by atoms with van der Waals surface area (Å²) in [6, 6.07) is 33.2. The van der Waals surface area contributed by atoms with Crippen LogP contribution in [0.15, 0.2) is 120 Å². The maximum absolute atomic E-state index is 13.3. The number of rotatable bonds is 12. The molecule has 0 amide bonds. The first-order chi connectivity index (χ1) is 21.3. The van der Waals surface area contributed by atoms with Crippen LogP contribution in [0.2, 0.25) is 0 Å². The van der Waals surface area contributed by atoms with E-state index in [0.29, 0.717) is 0 Å². The molecule has 0 saturated carbocycles. The molecule has 1 aliphatic heterocycles. The van der Waals surface area contributed by atoms with E-state index < -0.39 is 53.4 Å². The van der Waals surface area contributed by atoms with Crippen molar-refractivity contribution in [2.75, 3.05) is 6.61 Å². The molecule has 10 heteroatoms. The van der Waals surface area contributed by atoms with Gasteiger partial charge in [-0.15, -0.1) is 0 Å². The molecular weight excluding hydrogens is 584 g/mol. The summed E-state index contributed by atoms with van der Waals surface area (Å²) < 4.78 is 55.7. The summed E-state index contributed by atoms with van der Waals surface area (Å²) in [6.45, 7) is 1.49. The number of aliphatic hydroxyl groups excluding tert-OH is 1. The van der Waals surface area contributed by atoms with Crippen molar-refractivity contribution >= 4 is 16.1 Å². The number of hydrogen-bond acceptors (Lipinski definition) is 9. The molecule has 1 N–H and O–H groups in total. The normalized spacial score (nSPS) is 21.9. The van der Waals surface area contributed by atoms with Crippen molar-refractivity contribution in [3.05, 3.63) is 138 Å². The van der Waals surface area contributed by atoms with E-state index in [2.05, 4.69) is 0 Å². The highest BCUT2D eigenvalue weighted by Crippen LogP contribution is 2.30. The maximum atomic E-state index is 13.3. The van der Waals surface area contributed by atoms with Gasteiger partial charge in [-0.25, -0.2) is 4.79 Å². The van der Waals surface area contributed by atoms with Crippen LogP contribution in [0.5, 0.6) is 0 Å². The molecule has 4 aromatic carbocycles. The summed E-state index contributed by atoms with van der Waals surface area (Å²) in [5.74, 6) is -0.683. The lowest BCUT2D eigenvalue weighted by atomic mass is 9.98. The van der Waals surface area contributed by atoms with Gasteiger partial charge >= 0.3 is 5.97 Å². The molecule has 1 aliphatic rings. The predicted octanol–water partition coefficient (Wildman–Crippen LogP) is 4.81. The number of ether oxygens (including phenoxy) is 4. The SMILES string of the molecule is Cc1ccc(S(=O)(=O)OC[C@H]2O[C@H](O)[C@H](OCc3ccccc3)[C@@H](OCc3ccccc3)[C@@H]2OC(=O)c2ccccc2)cc1. The lowest BCUT2D eigenvalue weighted by molar-refractivity contribution is -0.305. The zero-order valence-corrected chi connectivity index (χ0v) is 24.9. The highest BCUT2D eigenvalue weighted by Gasteiger charge is 2.50. The number of aliphatic hydroxyl groups is 1. The number of hydrogen-bond donors (Lipinski definition) is 1. The third-order valence-corrected chi connectivity index (χ3v) is 8.43. The minimum Gasteiger partial charge on any atom is -0.453 e. The zero-order valence-electron chi connectivity index (χ0n) is 24.1. The highest BCUT2D eigenvalue weighted by atomic mass is 32.2. The molecule has 0 unspecified atom stereocenters. The topological polar surface area (TPSA) is 118 Å². The van der Waals surface area contributed by atoms with Gasteiger partial charge in [0.2, 0.25) is 0 Å². The monoisotopic (exact) mass is 618 g/mol. The van der Waals surface area contributed by atoms with Crippen molar-refractivity contribution < 1.29 is 41.4 Å². The number of carbonyl (C=O) groups is 1. The zero-order chi connectivity index (χ0) is 30.9. The second-order valence-corrected chi connectivity index (χ2v) is 12.0. The highest BCUT2D eigenvalue weighted by molar-refractivity contribution is 7.86. The van der Waals surface area contributed by atoms with Gasteiger partial charge in [0.15, 0.2) is 12.4 Å². The van der Waals surface area contributed by atoms with Crippen LogP contribution in [0.25, 0.3) is 0 Å². The predicted molar refractivity (Wildman–Crippen MR) is 161 cm³/mol. The van der Waals surface area contributed by atoms with E-state index in [-0.39, 0.29) is 23.7 Å². The van der Waals surface area contributed by atoms with Crippen molar-refractivity contribution in [1.29, 1.82) is 0 Å². The van der Waals surface area contributed by atoms with Crippen LogP contribution in [0.1, 0.15) is 27.0 Å². The lowest BCUT2D eigenvalue weighted by Crippen LogP contribution is -2.61. The van der Waals surface area contributed by atoms with Crippen LogP contribution in [0, 0.1) is 6.92 Å². The van der Waals surface area contributed by atoms with Crippen molar-refractivity contribution in [3.8, 4) is 0 Å². The second kappa shape index (κ2) is 14.7. The van der Waals surface area contributed by atoms with E-state index in [1.54, 1.807) is 42.5 Å². The minimum absolute atomic E-state index is 0.0433. The molecule has 1 fully saturated rings. The summed E-state index contributed by atoms with van der Waals surface area (Å²) in [5.41, 5.74) is 2.83. The van der Waals surface area contributed by atoms with Crippen molar-refractivity contribution in [3.63, 3.8) is 0 Å². The lowest BCUT2D eigenvalue weighted by Gasteiger charge is -2.43. The van der Waals surface area contributed by atoms with Crippen molar-refractivity contribution in [2.24, 2.45) is 0 Å². The van der Waals surface area contributed by atoms with Crippen molar-refractivity contribution in [1.82, 2.24) is 0 Å². The molecular formula is C34H34O9S. The largest absolute Gasteiger partial charge is 0.453 e. The molecule has 5 rings (SSSR count). The molecule has 1 heterocycles. The van der Waals surface area contributed by atoms with E-state index in [1.807, 2.05) is 67.6 Å². The van der Waals surface area contributed by atoms with Crippen LogP contribution < -0.4 is 0 Å². The Bertz CT molecular complexity index is 1580. The van der Waals surface area contributed by atoms with Gasteiger partial charge in [0.1, 0.15) is 18.3 Å². The molecule has 9 nitrogen and oxygen atoms in total. The van der Waals surface area contributed by atoms with Gasteiger partial charge in [0.25, 0.3) is 10.1 Å². The summed E-state index contributed by atoms with van der Waals surface area (Å²) in [6.07, 6.45) is -6.16. The summed E-state index contributed by atoms with van der Waals surface area (Å²) in [7, 11) is -4.20. The molecule has 5 atom stereocenters. The second-order valence-electron chi connectivity index (χ2n) is 10.4. The van der Waals surface area contributed by atoms with Gasteiger partial charge in [-0.2, -0.15) is 8.42 Å².